The molecule has 98 valence electrons. The molecule has 0 amide bonds. The van der Waals surface area contributed by atoms with Crippen LogP contribution in [0.3, 0.4) is 0 Å². The molecule has 1 rings (SSSR count). The first-order valence-corrected chi connectivity index (χ1v) is 6.63. The minimum atomic E-state index is -0.207. The van der Waals surface area contributed by atoms with Gasteiger partial charge in [-0.05, 0) is 31.1 Å². The summed E-state index contributed by atoms with van der Waals surface area (Å²) in [4.78, 5) is 2.35. The molecule has 0 heterocycles. The van der Waals surface area contributed by atoms with Gasteiger partial charge in [-0.25, -0.2) is 0 Å². The molecule has 1 aromatic carbocycles. The number of hydrogen-bond acceptors (Lipinski definition) is 3. The van der Waals surface area contributed by atoms with Gasteiger partial charge in [0.05, 0.1) is 6.07 Å². The molecule has 1 N–H and O–H groups in total. The SMILES string of the molecule is CCN(CC)CCNC(C#N)c1ccccc1C. The lowest BCUT2D eigenvalue weighted by atomic mass is 10.0. The number of nitrogens with zero attached hydrogens (tertiary/aromatic N) is 2. The number of aryl methyl sites for hydroxylation is 1. The van der Waals surface area contributed by atoms with Crippen molar-refractivity contribution >= 4 is 0 Å². The Morgan fingerprint density at radius 3 is 2.50 bits per heavy atom. The molecule has 0 radical (unpaired) electrons. The Hall–Kier alpha value is -1.37. The van der Waals surface area contributed by atoms with Crippen LogP contribution in [0.15, 0.2) is 24.3 Å². The predicted octanol–water partition coefficient (Wildman–Crippen LogP) is 2.49. The zero-order chi connectivity index (χ0) is 13.4. The van der Waals surface area contributed by atoms with E-state index in [0.717, 1.165) is 31.7 Å². The standard InChI is InChI=1S/C15H23N3/c1-4-18(5-2)11-10-17-15(12-16)14-9-7-6-8-13(14)3/h6-9,15,17H,4-5,10-11H2,1-3H3. The molecule has 18 heavy (non-hydrogen) atoms. The molecule has 0 spiro atoms. The second-order valence-electron chi connectivity index (χ2n) is 4.40. The summed E-state index contributed by atoms with van der Waals surface area (Å²) in [5.41, 5.74) is 2.25. The van der Waals surface area contributed by atoms with E-state index in [1.54, 1.807) is 0 Å². The average Bonchev–Trinajstić information content (AvgIpc) is 2.40. The monoisotopic (exact) mass is 245 g/mol. The van der Waals surface area contributed by atoms with Gasteiger partial charge in [-0.1, -0.05) is 38.1 Å². The minimum Gasteiger partial charge on any atom is -0.303 e. The van der Waals surface area contributed by atoms with Crippen LogP contribution in [0.4, 0.5) is 0 Å². The maximum Gasteiger partial charge on any atom is 0.121 e. The first-order chi connectivity index (χ1) is 8.72. The van der Waals surface area contributed by atoms with Gasteiger partial charge in [-0.15, -0.1) is 0 Å². The molecule has 0 fully saturated rings. The summed E-state index contributed by atoms with van der Waals surface area (Å²) < 4.78 is 0. The number of nitrogens with one attached hydrogen (secondary N) is 1. The molecule has 1 atom stereocenters. The highest BCUT2D eigenvalue weighted by molar-refractivity contribution is 5.32. The third-order valence-corrected chi connectivity index (χ3v) is 3.30. The lowest BCUT2D eigenvalue weighted by Crippen LogP contribution is -2.33. The van der Waals surface area contributed by atoms with E-state index in [1.165, 1.54) is 5.56 Å². The molecule has 1 aromatic rings. The third kappa shape index (κ3) is 4.14. The van der Waals surface area contributed by atoms with E-state index >= 15 is 0 Å². The van der Waals surface area contributed by atoms with Crippen LogP contribution in [-0.4, -0.2) is 31.1 Å². The van der Waals surface area contributed by atoms with Gasteiger partial charge >= 0.3 is 0 Å². The molecular weight excluding hydrogens is 222 g/mol. The molecule has 3 heteroatoms. The van der Waals surface area contributed by atoms with E-state index in [2.05, 4.69) is 30.1 Å². The van der Waals surface area contributed by atoms with Crippen molar-refractivity contribution in [3.05, 3.63) is 35.4 Å². The number of likely N-dealkylation sites (N-methyl/N-ethyl adjacent to an activating group) is 1. The number of rotatable bonds is 7. The van der Waals surface area contributed by atoms with Gasteiger partial charge in [0.15, 0.2) is 0 Å². The van der Waals surface area contributed by atoms with Gasteiger partial charge in [-0.2, -0.15) is 5.26 Å². The van der Waals surface area contributed by atoms with Gasteiger partial charge in [0.2, 0.25) is 0 Å². The molecule has 0 saturated carbocycles. The van der Waals surface area contributed by atoms with Crippen LogP contribution in [0, 0.1) is 18.3 Å². The molecule has 0 aromatic heterocycles. The second kappa shape index (κ2) is 7.86. The first kappa shape index (κ1) is 14.7. The molecule has 1 unspecified atom stereocenters. The van der Waals surface area contributed by atoms with Crippen LogP contribution >= 0.6 is 0 Å². The summed E-state index contributed by atoms with van der Waals surface area (Å²) in [5, 5.41) is 12.6. The highest BCUT2D eigenvalue weighted by Crippen LogP contribution is 2.16. The Morgan fingerprint density at radius 1 is 1.28 bits per heavy atom. The van der Waals surface area contributed by atoms with Gasteiger partial charge in [0, 0.05) is 13.1 Å². The molecule has 0 aliphatic carbocycles. The molecule has 0 aliphatic heterocycles. The Kier molecular flexibility index (Phi) is 6.42. The van der Waals surface area contributed by atoms with Crippen molar-refractivity contribution in [2.24, 2.45) is 0 Å². The summed E-state index contributed by atoms with van der Waals surface area (Å²) in [5.74, 6) is 0. The first-order valence-electron chi connectivity index (χ1n) is 6.63. The summed E-state index contributed by atoms with van der Waals surface area (Å²) >= 11 is 0. The molecule has 0 aliphatic rings. The smallest absolute Gasteiger partial charge is 0.121 e. The van der Waals surface area contributed by atoms with Crippen LogP contribution in [-0.2, 0) is 0 Å². The van der Waals surface area contributed by atoms with Crippen molar-refractivity contribution in [3.63, 3.8) is 0 Å². The van der Waals surface area contributed by atoms with E-state index in [9.17, 15) is 5.26 Å². The lowest BCUT2D eigenvalue weighted by molar-refractivity contribution is 0.300. The quantitative estimate of drug-likeness (QED) is 0.802. The maximum atomic E-state index is 9.26. The summed E-state index contributed by atoms with van der Waals surface area (Å²) in [6.45, 7) is 10.3. The zero-order valence-electron chi connectivity index (χ0n) is 11.6. The minimum absolute atomic E-state index is 0.207. The molecule has 3 nitrogen and oxygen atoms in total. The van der Waals surface area contributed by atoms with Crippen LogP contribution < -0.4 is 5.32 Å². The van der Waals surface area contributed by atoms with Crippen molar-refractivity contribution in [3.8, 4) is 6.07 Å². The van der Waals surface area contributed by atoms with Gasteiger partial charge < -0.3 is 4.90 Å². The summed E-state index contributed by atoms with van der Waals surface area (Å²) in [6.07, 6.45) is 0. The Balaban J connectivity index is 2.54. The Labute approximate surface area is 110 Å². The fraction of sp³-hybridized carbons (Fsp3) is 0.533. The number of hydrogen-bond donors (Lipinski definition) is 1. The average molecular weight is 245 g/mol. The molecule has 0 bridgehead atoms. The summed E-state index contributed by atoms with van der Waals surface area (Å²) in [7, 11) is 0. The fourth-order valence-electron chi connectivity index (χ4n) is 2.04. The molecular formula is C15H23N3. The van der Waals surface area contributed by atoms with Crippen molar-refractivity contribution in [2.75, 3.05) is 26.2 Å². The lowest BCUT2D eigenvalue weighted by Gasteiger charge is -2.20. The van der Waals surface area contributed by atoms with Crippen molar-refractivity contribution in [2.45, 2.75) is 26.8 Å². The van der Waals surface area contributed by atoms with Crippen LogP contribution in [0.1, 0.15) is 31.0 Å². The van der Waals surface area contributed by atoms with Crippen molar-refractivity contribution in [1.82, 2.24) is 10.2 Å². The Bertz CT molecular complexity index is 391. The maximum absolute atomic E-state index is 9.26. The largest absolute Gasteiger partial charge is 0.303 e. The van der Waals surface area contributed by atoms with E-state index in [0.29, 0.717) is 0 Å². The predicted molar refractivity (Wildman–Crippen MR) is 75.3 cm³/mol. The molecule has 0 saturated heterocycles. The van der Waals surface area contributed by atoms with Crippen molar-refractivity contribution in [1.29, 1.82) is 5.26 Å². The van der Waals surface area contributed by atoms with Crippen LogP contribution in [0.5, 0.6) is 0 Å². The fourth-order valence-corrected chi connectivity index (χ4v) is 2.04. The normalized spacial score (nSPS) is 12.4. The van der Waals surface area contributed by atoms with E-state index in [-0.39, 0.29) is 6.04 Å². The number of nitriles is 1. The highest BCUT2D eigenvalue weighted by atomic mass is 15.1. The third-order valence-electron chi connectivity index (χ3n) is 3.30. The van der Waals surface area contributed by atoms with Crippen LogP contribution in [0.2, 0.25) is 0 Å². The highest BCUT2D eigenvalue weighted by Gasteiger charge is 2.11. The van der Waals surface area contributed by atoms with E-state index in [1.807, 2.05) is 31.2 Å². The van der Waals surface area contributed by atoms with Gasteiger partial charge in [0.1, 0.15) is 6.04 Å². The summed E-state index contributed by atoms with van der Waals surface area (Å²) in [6, 6.07) is 10.2. The van der Waals surface area contributed by atoms with Crippen LogP contribution in [0.25, 0.3) is 0 Å². The van der Waals surface area contributed by atoms with E-state index in [4.69, 9.17) is 0 Å². The van der Waals surface area contributed by atoms with Gasteiger partial charge in [-0.3, -0.25) is 5.32 Å². The number of benzene rings is 1. The zero-order valence-corrected chi connectivity index (χ0v) is 11.6. The second-order valence-corrected chi connectivity index (χ2v) is 4.40. The Morgan fingerprint density at radius 2 is 1.94 bits per heavy atom. The van der Waals surface area contributed by atoms with Gasteiger partial charge in [0.25, 0.3) is 0 Å². The van der Waals surface area contributed by atoms with E-state index < -0.39 is 0 Å². The van der Waals surface area contributed by atoms with Crippen molar-refractivity contribution < 1.29 is 0 Å². The topological polar surface area (TPSA) is 39.1 Å².